The highest BCUT2D eigenvalue weighted by atomic mass is 19.1. The third kappa shape index (κ3) is 4.83. The summed E-state index contributed by atoms with van der Waals surface area (Å²) in [5, 5.41) is 3.55. The van der Waals surface area contributed by atoms with Gasteiger partial charge in [0.05, 0.1) is 7.11 Å². The van der Waals surface area contributed by atoms with Crippen molar-refractivity contribution in [2.45, 2.75) is 52.6 Å². The summed E-state index contributed by atoms with van der Waals surface area (Å²) in [7, 11) is 1.49. The number of nitrogens with one attached hydrogen (secondary N) is 1. The lowest BCUT2D eigenvalue weighted by atomic mass is 9.99. The van der Waals surface area contributed by atoms with Gasteiger partial charge in [-0.2, -0.15) is 0 Å². The number of halogens is 1. The second kappa shape index (κ2) is 7.49. The Morgan fingerprint density at radius 2 is 1.95 bits per heavy atom. The van der Waals surface area contributed by atoms with E-state index in [1.54, 1.807) is 6.07 Å². The summed E-state index contributed by atoms with van der Waals surface area (Å²) in [6.45, 7) is 8.78. The van der Waals surface area contributed by atoms with Gasteiger partial charge in [0.15, 0.2) is 11.6 Å². The van der Waals surface area contributed by atoms with E-state index in [4.69, 9.17) is 4.74 Å². The Labute approximate surface area is 116 Å². The summed E-state index contributed by atoms with van der Waals surface area (Å²) in [5.74, 6) is 0.712. The standard InChI is InChI=1S/C16H26FNO/c1-6-11(2)9-12(3)18-13(4)14-7-8-15(17)16(10-14)19-5/h7-8,10-13,18H,6,9H2,1-5H3. The zero-order valence-corrected chi connectivity index (χ0v) is 12.7. The zero-order valence-electron chi connectivity index (χ0n) is 12.7. The van der Waals surface area contributed by atoms with Gasteiger partial charge in [-0.25, -0.2) is 4.39 Å². The topological polar surface area (TPSA) is 21.3 Å². The minimum atomic E-state index is -0.314. The van der Waals surface area contributed by atoms with Gasteiger partial charge in [-0.05, 0) is 43.9 Å². The zero-order chi connectivity index (χ0) is 14.4. The first kappa shape index (κ1) is 16.0. The van der Waals surface area contributed by atoms with Crippen LogP contribution in [0.1, 0.15) is 52.1 Å². The smallest absolute Gasteiger partial charge is 0.165 e. The fourth-order valence-corrected chi connectivity index (χ4v) is 2.31. The van der Waals surface area contributed by atoms with Crippen molar-refractivity contribution in [2.75, 3.05) is 7.11 Å². The first-order chi connectivity index (χ1) is 8.97. The molecule has 0 aliphatic carbocycles. The lowest BCUT2D eigenvalue weighted by molar-refractivity contribution is 0.376. The van der Waals surface area contributed by atoms with E-state index in [9.17, 15) is 4.39 Å². The van der Waals surface area contributed by atoms with Gasteiger partial charge in [-0.3, -0.25) is 0 Å². The van der Waals surface area contributed by atoms with Crippen LogP contribution < -0.4 is 10.1 Å². The van der Waals surface area contributed by atoms with Crippen LogP contribution in [0, 0.1) is 11.7 Å². The van der Waals surface area contributed by atoms with Gasteiger partial charge in [-0.1, -0.05) is 26.3 Å². The normalized spacial score (nSPS) is 15.9. The molecule has 0 fully saturated rings. The van der Waals surface area contributed by atoms with Crippen molar-refractivity contribution in [3.63, 3.8) is 0 Å². The molecule has 0 spiro atoms. The van der Waals surface area contributed by atoms with Crippen LogP contribution in [0.4, 0.5) is 4.39 Å². The van der Waals surface area contributed by atoms with Crippen molar-refractivity contribution >= 4 is 0 Å². The molecule has 108 valence electrons. The SMILES string of the molecule is CCC(C)CC(C)NC(C)c1ccc(F)c(OC)c1. The molecule has 0 heterocycles. The molecule has 0 radical (unpaired) electrons. The summed E-state index contributed by atoms with van der Waals surface area (Å²) in [6, 6.07) is 5.68. The number of methoxy groups -OCH3 is 1. The van der Waals surface area contributed by atoms with Gasteiger partial charge in [-0.15, -0.1) is 0 Å². The fraction of sp³-hybridized carbons (Fsp3) is 0.625. The summed E-state index contributed by atoms with van der Waals surface area (Å²) >= 11 is 0. The molecule has 0 saturated carbocycles. The van der Waals surface area contributed by atoms with Gasteiger partial charge in [0.2, 0.25) is 0 Å². The second-order valence-corrected chi connectivity index (χ2v) is 5.43. The maximum Gasteiger partial charge on any atom is 0.165 e. The average Bonchev–Trinajstić information content (AvgIpc) is 2.38. The Bertz CT molecular complexity index is 394. The Kier molecular flexibility index (Phi) is 6.29. The number of benzene rings is 1. The molecular weight excluding hydrogens is 241 g/mol. The van der Waals surface area contributed by atoms with E-state index in [0.29, 0.717) is 11.8 Å². The van der Waals surface area contributed by atoms with E-state index >= 15 is 0 Å². The summed E-state index contributed by atoms with van der Waals surface area (Å²) in [5.41, 5.74) is 1.05. The van der Waals surface area contributed by atoms with E-state index in [0.717, 1.165) is 17.9 Å². The lowest BCUT2D eigenvalue weighted by Gasteiger charge is -2.23. The van der Waals surface area contributed by atoms with Crippen LogP contribution >= 0.6 is 0 Å². The molecule has 0 aromatic heterocycles. The van der Waals surface area contributed by atoms with Crippen molar-refractivity contribution in [3.8, 4) is 5.75 Å². The van der Waals surface area contributed by atoms with Gasteiger partial charge < -0.3 is 10.1 Å². The van der Waals surface area contributed by atoms with Crippen LogP contribution in [0.15, 0.2) is 18.2 Å². The maximum absolute atomic E-state index is 13.4. The van der Waals surface area contributed by atoms with Crippen molar-refractivity contribution in [1.82, 2.24) is 5.32 Å². The largest absolute Gasteiger partial charge is 0.494 e. The van der Waals surface area contributed by atoms with Crippen molar-refractivity contribution in [3.05, 3.63) is 29.6 Å². The van der Waals surface area contributed by atoms with Crippen molar-refractivity contribution < 1.29 is 9.13 Å². The van der Waals surface area contributed by atoms with Crippen LogP contribution in [0.25, 0.3) is 0 Å². The molecule has 0 aliphatic rings. The maximum atomic E-state index is 13.4. The molecular formula is C16H26FNO. The van der Waals surface area contributed by atoms with Gasteiger partial charge in [0, 0.05) is 12.1 Å². The van der Waals surface area contributed by atoms with Gasteiger partial charge >= 0.3 is 0 Å². The molecule has 1 aromatic carbocycles. The Hall–Kier alpha value is -1.09. The molecule has 2 nitrogen and oxygen atoms in total. The second-order valence-electron chi connectivity index (χ2n) is 5.43. The number of ether oxygens (including phenoxy) is 1. The van der Waals surface area contributed by atoms with Crippen LogP contribution in [-0.4, -0.2) is 13.2 Å². The molecule has 0 bridgehead atoms. The molecule has 1 rings (SSSR count). The molecule has 1 N–H and O–H groups in total. The van der Waals surface area contributed by atoms with E-state index in [-0.39, 0.29) is 11.9 Å². The van der Waals surface area contributed by atoms with Crippen molar-refractivity contribution in [1.29, 1.82) is 0 Å². The monoisotopic (exact) mass is 267 g/mol. The van der Waals surface area contributed by atoms with E-state index in [2.05, 4.69) is 33.0 Å². The third-order valence-corrected chi connectivity index (χ3v) is 3.66. The molecule has 3 heteroatoms. The first-order valence-electron chi connectivity index (χ1n) is 7.07. The summed E-state index contributed by atoms with van der Waals surface area (Å²) in [6.07, 6.45) is 2.35. The van der Waals surface area contributed by atoms with Crippen LogP contribution in [0.3, 0.4) is 0 Å². The predicted octanol–water partition coefficient (Wildman–Crippen LogP) is 4.31. The van der Waals surface area contributed by atoms with Crippen LogP contribution in [-0.2, 0) is 0 Å². The lowest BCUT2D eigenvalue weighted by Crippen LogP contribution is -2.30. The predicted molar refractivity (Wildman–Crippen MR) is 78.0 cm³/mol. The number of rotatable bonds is 7. The minimum Gasteiger partial charge on any atom is -0.494 e. The molecule has 1 aromatic rings. The highest BCUT2D eigenvalue weighted by molar-refractivity contribution is 5.31. The number of hydrogen-bond donors (Lipinski definition) is 1. The van der Waals surface area contributed by atoms with Crippen LogP contribution in [0.5, 0.6) is 5.75 Å². The number of hydrogen-bond acceptors (Lipinski definition) is 2. The van der Waals surface area contributed by atoms with Gasteiger partial charge in [0.1, 0.15) is 0 Å². The van der Waals surface area contributed by atoms with Crippen molar-refractivity contribution in [2.24, 2.45) is 5.92 Å². The van der Waals surface area contributed by atoms with Crippen LogP contribution in [0.2, 0.25) is 0 Å². The minimum absolute atomic E-state index is 0.188. The summed E-state index contributed by atoms with van der Waals surface area (Å²) < 4.78 is 18.4. The Morgan fingerprint density at radius 3 is 2.53 bits per heavy atom. The van der Waals surface area contributed by atoms with Gasteiger partial charge in [0.25, 0.3) is 0 Å². The highest BCUT2D eigenvalue weighted by Gasteiger charge is 2.13. The molecule has 19 heavy (non-hydrogen) atoms. The molecule has 0 amide bonds. The van der Waals surface area contributed by atoms with E-state index < -0.39 is 0 Å². The first-order valence-corrected chi connectivity index (χ1v) is 7.07. The third-order valence-electron chi connectivity index (χ3n) is 3.66. The molecule has 0 aliphatic heterocycles. The Balaban J connectivity index is 2.64. The summed E-state index contributed by atoms with van der Waals surface area (Å²) in [4.78, 5) is 0. The molecule has 3 atom stereocenters. The Morgan fingerprint density at radius 1 is 1.26 bits per heavy atom. The molecule has 3 unspecified atom stereocenters. The highest BCUT2D eigenvalue weighted by Crippen LogP contribution is 2.23. The average molecular weight is 267 g/mol. The molecule has 0 saturated heterocycles. The fourth-order valence-electron chi connectivity index (χ4n) is 2.31. The van der Waals surface area contributed by atoms with E-state index in [1.807, 2.05) is 6.07 Å². The quantitative estimate of drug-likeness (QED) is 0.795. The van der Waals surface area contributed by atoms with E-state index in [1.165, 1.54) is 19.6 Å².